The molecule has 0 bridgehead atoms. The average molecular weight is 297 g/mol. The molecule has 0 amide bonds. The summed E-state index contributed by atoms with van der Waals surface area (Å²) in [5, 5.41) is 0. The maximum absolute atomic E-state index is 6.00. The van der Waals surface area contributed by atoms with Crippen molar-refractivity contribution in [3.8, 4) is 0 Å². The molecule has 3 N–H and O–H groups in total. The number of nitrogens with two attached hydrogens (primary N) is 1. The fourth-order valence-electron chi connectivity index (χ4n) is 4.31. The summed E-state index contributed by atoms with van der Waals surface area (Å²) in [5.41, 5.74) is 3.41. The third kappa shape index (κ3) is 3.98. The van der Waals surface area contributed by atoms with E-state index in [1.807, 2.05) is 0 Å². The summed E-state index contributed by atoms with van der Waals surface area (Å²) in [6.07, 6.45) is 11.5. The van der Waals surface area contributed by atoms with E-state index in [2.05, 4.69) is 24.2 Å². The van der Waals surface area contributed by atoms with Crippen LogP contribution in [-0.2, 0) is 4.74 Å². The van der Waals surface area contributed by atoms with E-state index in [4.69, 9.17) is 10.6 Å². The van der Waals surface area contributed by atoms with Gasteiger partial charge in [-0.25, -0.2) is 0 Å². The molecule has 1 heterocycles. The predicted octanol–water partition coefficient (Wildman–Crippen LogP) is 2.82. The third-order valence-electron chi connectivity index (χ3n) is 5.89. The molecule has 4 nitrogen and oxygen atoms in total. The molecule has 1 unspecified atom stereocenters. The lowest BCUT2D eigenvalue weighted by molar-refractivity contribution is -0.00532. The Bertz CT molecular complexity index is 307. The Morgan fingerprint density at radius 1 is 1.14 bits per heavy atom. The average Bonchev–Trinajstić information content (AvgIpc) is 2.99. The number of rotatable bonds is 7. The van der Waals surface area contributed by atoms with Crippen LogP contribution in [0.4, 0.5) is 0 Å². The highest BCUT2D eigenvalue weighted by Gasteiger charge is 2.45. The Morgan fingerprint density at radius 3 is 2.29 bits per heavy atom. The Balaban J connectivity index is 2.06. The number of nitrogens with zero attached hydrogens (tertiary/aromatic N) is 1. The first-order valence-corrected chi connectivity index (χ1v) is 8.80. The topological polar surface area (TPSA) is 50.5 Å². The van der Waals surface area contributed by atoms with Crippen LogP contribution in [0, 0.1) is 0 Å². The standard InChI is InChI=1S/C17H35N3O/c1-16(2,21-3)12-9-15(19-18)17(10-5-6-11-17)20-13-7-4-8-14-20/h15,19H,4-14,18H2,1-3H3. The first kappa shape index (κ1) is 17.2. The van der Waals surface area contributed by atoms with Crippen molar-refractivity contribution in [1.29, 1.82) is 0 Å². The molecular weight excluding hydrogens is 262 g/mol. The molecule has 1 aliphatic carbocycles. The SMILES string of the molecule is COC(C)(C)CCC(NN)C1(N2CCCCC2)CCCC1. The number of hydrazine groups is 1. The minimum atomic E-state index is -0.0587. The van der Waals surface area contributed by atoms with Gasteiger partial charge in [0.05, 0.1) is 5.60 Å². The van der Waals surface area contributed by atoms with Crippen LogP contribution in [0.15, 0.2) is 0 Å². The van der Waals surface area contributed by atoms with Gasteiger partial charge in [0, 0.05) is 18.7 Å². The zero-order valence-corrected chi connectivity index (χ0v) is 14.3. The largest absolute Gasteiger partial charge is 0.379 e. The molecular formula is C17H35N3O. The van der Waals surface area contributed by atoms with Gasteiger partial charge in [0.2, 0.25) is 0 Å². The van der Waals surface area contributed by atoms with E-state index in [-0.39, 0.29) is 5.60 Å². The lowest BCUT2D eigenvalue weighted by atomic mass is 9.81. The van der Waals surface area contributed by atoms with Crippen LogP contribution in [-0.4, -0.2) is 42.3 Å². The minimum Gasteiger partial charge on any atom is -0.379 e. The monoisotopic (exact) mass is 297 g/mol. The number of ether oxygens (including phenoxy) is 1. The number of likely N-dealkylation sites (tertiary alicyclic amines) is 1. The normalized spacial score (nSPS) is 25.1. The van der Waals surface area contributed by atoms with Gasteiger partial charge >= 0.3 is 0 Å². The molecule has 1 saturated heterocycles. The van der Waals surface area contributed by atoms with Gasteiger partial charge in [0.1, 0.15) is 0 Å². The van der Waals surface area contributed by atoms with E-state index < -0.39 is 0 Å². The van der Waals surface area contributed by atoms with Crippen LogP contribution in [0.2, 0.25) is 0 Å². The molecule has 0 aromatic rings. The highest BCUT2D eigenvalue weighted by Crippen LogP contribution is 2.41. The molecule has 1 saturated carbocycles. The van der Waals surface area contributed by atoms with Crippen LogP contribution in [0.1, 0.15) is 71.6 Å². The van der Waals surface area contributed by atoms with E-state index in [0.29, 0.717) is 11.6 Å². The molecule has 2 fully saturated rings. The van der Waals surface area contributed by atoms with E-state index >= 15 is 0 Å². The molecule has 0 aromatic heterocycles. The molecule has 21 heavy (non-hydrogen) atoms. The number of nitrogens with one attached hydrogen (secondary N) is 1. The molecule has 4 heteroatoms. The second kappa shape index (κ2) is 7.40. The maximum atomic E-state index is 6.00. The number of piperidine rings is 1. The van der Waals surface area contributed by atoms with Crippen LogP contribution < -0.4 is 11.3 Å². The Morgan fingerprint density at radius 2 is 1.76 bits per heavy atom. The highest BCUT2D eigenvalue weighted by molar-refractivity contribution is 5.04. The summed E-state index contributed by atoms with van der Waals surface area (Å²) in [5.74, 6) is 6.00. The quantitative estimate of drug-likeness (QED) is 0.560. The summed E-state index contributed by atoms with van der Waals surface area (Å²) < 4.78 is 5.59. The summed E-state index contributed by atoms with van der Waals surface area (Å²) in [4.78, 5) is 2.76. The predicted molar refractivity (Wildman–Crippen MR) is 88.1 cm³/mol. The van der Waals surface area contributed by atoms with Crippen molar-refractivity contribution in [2.45, 2.75) is 88.8 Å². The zero-order valence-electron chi connectivity index (χ0n) is 14.3. The molecule has 124 valence electrons. The van der Waals surface area contributed by atoms with Crippen molar-refractivity contribution < 1.29 is 4.74 Å². The van der Waals surface area contributed by atoms with E-state index in [1.54, 1.807) is 7.11 Å². The van der Waals surface area contributed by atoms with Crippen LogP contribution in [0.5, 0.6) is 0 Å². The van der Waals surface area contributed by atoms with Crippen LogP contribution in [0.25, 0.3) is 0 Å². The molecule has 2 aliphatic rings. The number of hydrogen-bond donors (Lipinski definition) is 2. The Kier molecular flexibility index (Phi) is 6.06. The van der Waals surface area contributed by atoms with Crippen molar-refractivity contribution in [2.24, 2.45) is 5.84 Å². The van der Waals surface area contributed by atoms with Gasteiger partial charge in [-0.2, -0.15) is 0 Å². The van der Waals surface area contributed by atoms with Gasteiger partial charge in [-0.1, -0.05) is 19.3 Å². The zero-order chi connectivity index (χ0) is 15.3. The lowest BCUT2D eigenvalue weighted by Crippen LogP contribution is -2.62. The van der Waals surface area contributed by atoms with E-state index in [9.17, 15) is 0 Å². The highest BCUT2D eigenvalue weighted by atomic mass is 16.5. The third-order valence-corrected chi connectivity index (χ3v) is 5.89. The molecule has 1 atom stereocenters. The first-order valence-electron chi connectivity index (χ1n) is 8.80. The van der Waals surface area contributed by atoms with Gasteiger partial charge in [0.25, 0.3) is 0 Å². The Labute approximate surface area is 130 Å². The second-order valence-electron chi connectivity index (χ2n) is 7.58. The van der Waals surface area contributed by atoms with Gasteiger partial charge < -0.3 is 4.74 Å². The van der Waals surface area contributed by atoms with Crippen molar-refractivity contribution in [3.05, 3.63) is 0 Å². The van der Waals surface area contributed by atoms with Gasteiger partial charge in [-0.05, 0) is 65.5 Å². The number of hydrogen-bond acceptors (Lipinski definition) is 4. The second-order valence-corrected chi connectivity index (χ2v) is 7.58. The maximum Gasteiger partial charge on any atom is 0.0623 e. The molecule has 0 spiro atoms. The molecule has 1 aliphatic heterocycles. The van der Waals surface area contributed by atoms with E-state index in [1.165, 1.54) is 58.0 Å². The summed E-state index contributed by atoms with van der Waals surface area (Å²) in [7, 11) is 1.81. The summed E-state index contributed by atoms with van der Waals surface area (Å²) in [6, 6.07) is 0.382. The Hall–Kier alpha value is -0.160. The van der Waals surface area contributed by atoms with Crippen molar-refractivity contribution in [2.75, 3.05) is 20.2 Å². The van der Waals surface area contributed by atoms with Crippen molar-refractivity contribution in [1.82, 2.24) is 10.3 Å². The van der Waals surface area contributed by atoms with Gasteiger partial charge in [-0.3, -0.25) is 16.2 Å². The smallest absolute Gasteiger partial charge is 0.0623 e. The van der Waals surface area contributed by atoms with Gasteiger partial charge in [0.15, 0.2) is 0 Å². The van der Waals surface area contributed by atoms with Crippen LogP contribution >= 0.6 is 0 Å². The first-order chi connectivity index (χ1) is 10.0. The van der Waals surface area contributed by atoms with E-state index in [0.717, 1.165) is 12.8 Å². The number of methoxy groups -OCH3 is 1. The van der Waals surface area contributed by atoms with Crippen molar-refractivity contribution in [3.63, 3.8) is 0 Å². The summed E-state index contributed by atoms with van der Waals surface area (Å²) >= 11 is 0. The molecule has 2 rings (SSSR count). The van der Waals surface area contributed by atoms with Crippen LogP contribution in [0.3, 0.4) is 0 Å². The lowest BCUT2D eigenvalue weighted by Gasteiger charge is -2.48. The fourth-order valence-corrected chi connectivity index (χ4v) is 4.31. The molecule has 0 radical (unpaired) electrons. The fraction of sp³-hybridized carbons (Fsp3) is 1.00. The summed E-state index contributed by atoms with van der Waals surface area (Å²) in [6.45, 7) is 6.85. The van der Waals surface area contributed by atoms with Crippen molar-refractivity contribution >= 4 is 0 Å². The van der Waals surface area contributed by atoms with Gasteiger partial charge in [-0.15, -0.1) is 0 Å². The molecule has 0 aromatic carbocycles. The minimum absolute atomic E-state index is 0.0587.